The Kier molecular flexibility index (Phi) is 2.44. The molecule has 1 N–H and O–H groups in total. The van der Waals surface area contributed by atoms with Gasteiger partial charge in [0.15, 0.2) is 0 Å². The van der Waals surface area contributed by atoms with Gasteiger partial charge in [-0.3, -0.25) is 0 Å². The van der Waals surface area contributed by atoms with Crippen LogP contribution in [-0.4, -0.2) is 22.8 Å². The molecule has 0 bridgehead atoms. The summed E-state index contributed by atoms with van der Waals surface area (Å²) in [4.78, 5) is 11.6. The minimum Gasteiger partial charge on any atom is -0.458 e. The van der Waals surface area contributed by atoms with E-state index in [0.29, 0.717) is 5.57 Å². The molecule has 0 radical (unpaired) electrons. The molecular formula is C15H22O3. The number of hydrogen-bond donors (Lipinski definition) is 1. The zero-order valence-corrected chi connectivity index (χ0v) is 11.2. The van der Waals surface area contributed by atoms with E-state index in [0.717, 1.165) is 32.1 Å². The minimum atomic E-state index is -0.607. The van der Waals surface area contributed by atoms with E-state index in [1.54, 1.807) is 0 Å². The summed E-state index contributed by atoms with van der Waals surface area (Å²) in [5, 5.41) is 10.7. The van der Waals surface area contributed by atoms with E-state index >= 15 is 0 Å². The van der Waals surface area contributed by atoms with E-state index in [4.69, 9.17) is 4.74 Å². The molecule has 0 amide bonds. The van der Waals surface area contributed by atoms with Gasteiger partial charge in [-0.2, -0.15) is 0 Å². The molecule has 1 saturated heterocycles. The Morgan fingerprint density at radius 3 is 2.83 bits per heavy atom. The van der Waals surface area contributed by atoms with Gasteiger partial charge in [-0.15, -0.1) is 0 Å². The van der Waals surface area contributed by atoms with Crippen molar-refractivity contribution >= 4 is 5.97 Å². The van der Waals surface area contributed by atoms with Crippen LogP contribution in [0.2, 0.25) is 0 Å². The highest BCUT2D eigenvalue weighted by Gasteiger charge is 2.57. The molecule has 2 saturated carbocycles. The summed E-state index contributed by atoms with van der Waals surface area (Å²) >= 11 is 0. The van der Waals surface area contributed by atoms with Crippen LogP contribution in [0.1, 0.15) is 46.0 Å². The third kappa shape index (κ3) is 1.56. The summed E-state index contributed by atoms with van der Waals surface area (Å²) in [6, 6.07) is 0. The predicted molar refractivity (Wildman–Crippen MR) is 67.8 cm³/mol. The average molecular weight is 250 g/mol. The van der Waals surface area contributed by atoms with Crippen LogP contribution in [0.15, 0.2) is 12.2 Å². The average Bonchev–Trinajstić information content (AvgIpc) is 2.51. The molecule has 5 atom stereocenters. The van der Waals surface area contributed by atoms with Crippen molar-refractivity contribution in [2.45, 2.75) is 57.7 Å². The molecule has 100 valence electrons. The maximum absolute atomic E-state index is 11.6. The zero-order valence-electron chi connectivity index (χ0n) is 11.2. The lowest BCUT2D eigenvalue weighted by atomic mass is 9.52. The Hall–Kier alpha value is -0.830. The van der Waals surface area contributed by atoms with Gasteiger partial charge < -0.3 is 9.84 Å². The molecule has 0 aromatic rings. The first kappa shape index (κ1) is 12.2. The lowest BCUT2D eigenvalue weighted by Crippen LogP contribution is -2.53. The van der Waals surface area contributed by atoms with Gasteiger partial charge in [0.2, 0.25) is 0 Å². The predicted octanol–water partition coefficient (Wildman–Crippen LogP) is 2.44. The molecule has 3 heteroatoms. The van der Waals surface area contributed by atoms with Crippen LogP contribution in [-0.2, 0) is 9.53 Å². The number of carbonyl (C=O) groups excluding carboxylic acids is 1. The van der Waals surface area contributed by atoms with Gasteiger partial charge in [-0.1, -0.05) is 19.9 Å². The number of ether oxygens (including phenoxy) is 1. The topological polar surface area (TPSA) is 46.5 Å². The second-order valence-electron chi connectivity index (χ2n) is 6.93. The maximum atomic E-state index is 11.6. The number of hydrogen-bond acceptors (Lipinski definition) is 3. The van der Waals surface area contributed by atoms with Crippen LogP contribution >= 0.6 is 0 Å². The first-order valence-corrected chi connectivity index (χ1v) is 6.96. The smallest absolute Gasteiger partial charge is 0.334 e. The van der Waals surface area contributed by atoms with Crippen LogP contribution < -0.4 is 0 Å². The highest BCUT2D eigenvalue weighted by Crippen LogP contribution is 2.58. The van der Waals surface area contributed by atoms with Gasteiger partial charge in [0.1, 0.15) is 6.10 Å². The largest absolute Gasteiger partial charge is 0.458 e. The Morgan fingerprint density at radius 1 is 1.39 bits per heavy atom. The van der Waals surface area contributed by atoms with Crippen LogP contribution in [0.5, 0.6) is 0 Å². The molecule has 1 aliphatic heterocycles. The lowest BCUT2D eigenvalue weighted by Gasteiger charge is -2.54. The van der Waals surface area contributed by atoms with Crippen molar-refractivity contribution in [2.24, 2.45) is 17.3 Å². The summed E-state index contributed by atoms with van der Waals surface area (Å²) in [7, 11) is 0. The summed E-state index contributed by atoms with van der Waals surface area (Å²) < 4.78 is 5.44. The summed E-state index contributed by atoms with van der Waals surface area (Å²) in [6.07, 6.45) is 4.78. The second kappa shape index (κ2) is 3.60. The molecular weight excluding hydrogens is 228 g/mol. The highest BCUT2D eigenvalue weighted by atomic mass is 16.6. The molecule has 3 fully saturated rings. The summed E-state index contributed by atoms with van der Waals surface area (Å²) in [5.74, 6) is 0.151. The van der Waals surface area contributed by atoms with Crippen molar-refractivity contribution in [3.63, 3.8) is 0 Å². The monoisotopic (exact) mass is 250 g/mol. The SMILES string of the molecule is C=C1C(=O)O[C@@H]2C[C@@]3(C)CCC[C@](C)(O)[C@@H]3C[C@H]12. The van der Waals surface area contributed by atoms with Crippen LogP contribution in [0, 0.1) is 17.3 Å². The van der Waals surface area contributed by atoms with E-state index < -0.39 is 5.60 Å². The molecule has 2 aliphatic carbocycles. The first-order valence-electron chi connectivity index (χ1n) is 6.96. The third-order valence-electron chi connectivity index (χ3n) is 5.60. The lowest BCUT2D eigenvalue weighted by molar-refractivity contribution is -0.155. The molecule has 1 heterocycles. The molecule has 0 unspecified atom stereocenters. The van der Waals surface area contributed by atoms with E-state index in [-0.39, 0.29) is 29.3 Å². The van der Waals surface area contributed by atoms with Crippen molar-refractivity contribution in [1.82, 2.24) is 0 Å². The first-order chi connectivity index (χ1) is 8.33. The zero-order chi connectivity index (χ0) is 13.1. The Balaban J connectivity index is 1.93. The molecule has 0 spiro atoms. The van der Waals surface area contributed by atoms with Gasteiger partial charge in [0.05, 0.1) is 5.60 Å². The van der Waals surface area contributed by atoms with Gasteiger partial charge in [-0.25, -0.2) is 4.79 Å². The van der Waals surface area contributed by atoms with Gasteiger partial charge in [-0.05, 0) is 43.9 Å². The van der Waals surface area contributed by atoms with E-state index in [2.05, 4.69) is 13.5 Å². The number of esters is 1. The van der Waals surface area contributed by atoms with Crippen molar-refractivity contribution in [2.75, 3.05) is 0 Å². The van der Waals surface area contributed by atoms with Crippen molar-refractivity contribution < 1.29 is 14.6 Å². The highest BCUT2D eigenvalue weighted by molar-refractivity contribution is 5.90. The fourth-order valence-electron chi connectivity index (χ4n) is 4.59. The third-order valence-corrected chi connectivity index (χ3v) is 5.60. The number of fused-ring (bicyclic) bond motifs is 2. The Labute approximate surface area is 108 Å². The standard InChI is InChI=1S/C15H22O3/c1-9-10-7-12-14(2,5-4-6-15(12,3)17)8-11(10)18-13(9)16/h10-12,17H,1,4-8H2,2-3H3/t10-,11-,12-,14-,15+/m1/s1. The minimum absolute atomic E-state index is 0.000139. The fraction of sp³-hybridized carbons (Fsp3) is 0.800. The van der Waals surface area contributed by atoms with Crippen LogP contribution in [0.3, 0.4) is 0 Å². The molecule has 3 aliphatic rings. The van der Waals surface area contributed by atoms with Crippen molar-refractivity contribution in [3.8, 4) is 0 Å². The Morgan fingerprint density at radius 2 is 2.11 bits per heavy atom. The number of rotatable bonds is 0. The maximum Gasteiger partial charge on any atom is 0.334 e. The van der Waals surface area contributed by atoms with Crippen molar-refractivity contribution in [1.29, 1.82) is 0 Å². The number of carbonyl (C=O) groups is 1. The summed E-state index contributed by atoms with van der Waals surface area (Å²) in [6.45, 7) is 8.07. The van der Waals surface area contributed by atoms with Crippen molar-refractivity contribution in [3.05, 3.63) is 12.2 Å². The fourth-order valence-corrected chi connectivity index (χ4v) is 4.59. The van der Waals surface area contributed by atoms with E-state index in [9.17, 15) is 9.90 Å². The quantitative estimate of drug-likeness (QED) is 0.530. The molecule has 0 aromatic heterocycles. The van der Waals surface area contributed by atoms with Crippen LogP contribution in [0.25, 0.3) is 0 Å². The molecule has 18 heavy (non-hydrogen) atoms. The van der Waals surface area contributed by atoms with Gasteiger partial charge in [0, 0.05) is 11.5 Å². The van der Waals surface area contributed by atoms with Gasteiger partial charge in [0.25, 0.3) is 0 Å². The molecule has 3 rings (SSSR count). The van der Waals surface area contributed by atoms with Gasteiger partial charge >= 0.3 is 5.97 Å². The normalized spacial score (nSPS) is 51.6. The van der Waals surface area contributed by atoms with E-state index in [1.165, 1.54) is 0 Å². The molecule has 3 nitrogen and oxygen atoms in total. The van der Waals surface area contributed by atoms with E-state index in [1.807, 2.05) is 6.92 Å². The summed E-state index contributed by atoms with van der Waals surface area (Å²) in [5.41, 5.74) is 0.112. The molecule has 0 aromatic carbocycles. The number of aliphatic hydroxyl groups is 1. The Bertz CT molecular complexity index is 412. The second-order valence-corrected chi connectivity index (χ2v) is 6.93. The van der Waals surface area contributed by atoms with Crippen LogP contribution in [0.4, 0.5) is 0 Å².